The zero-order valence-corrected chi connectivity index (χ0v) is 12.0. The van der Waals surface area contributed by atoms with Crippen LogP contribution in [0, 0.1) is 0 Å². The molecule has 1 aromatic heterocycles. The summed E-state index contributed by atoms with van der Waals surface area (Å²) in [5, 5.41) is 14.2. The fraction of sp³-hybridized carbons (Fsp3) is 0.438. The molecule has 112 valence electrons. The third-order valence-electron chi connectivity index (χ3n) is 3.73. The molecule has 0 radical (unpaired) electrons. The third kappa shape index (κ3) is 3.91. The van der Waals surface area contributed by atoms with Crippen molar-refractivity contribution in [1.82, 2.24) is 14.7 Å². The Labute approximate surface area is 124 Å². The summed E-state index contributed by atoms with van der Waals surface area (Å²) in [5.74, 6) is 0. The predicted octanol–water partition coefficient (Wildman–Crippen LogP) is 1.32. The zero-order chi connectivity index (χ0) is 14.5. The molecule has 2 heterocycles. The van der Waals surface area contributed by atoms with Crippen molar-refractivity contribution in [1.29, 1.82) is 0 Å². The van der Waals surface area contributed by atoms with Crippen molar-refractivity contribution in [2.24, 2.45) is 0 Å². The molecule has 0 saturated carbocycles. The lowest BCUT2D eigenvalue weighted by Crippen LogP contribution is -2.51. The lowest BCUT2D eigenvalue weighted by atomic mass is 10.1. The van der Waals surface area contributed by atoms with Crippen molar-refractivity contribution in [3.63, 3.8) is 0 Å². The molecular weight excluding hydrogens is 266 g/mol. The molecule has 1 aromatic carbocycles. The number of ether oxygens (including phenoxy) is 1. The van der Waals surface area contributed by atoms with Gasteiger partial charge in [0, 0.05) is 32.0 Å². The smallest absolute Gasteiger partial charge is 0.0900 e. The summed E-state index contributed by atoms with van der Waals surface area (Å²) >= 11 is 0. The predicted molar refractivity (Wildman–Crippen MR) is 79.8 cm³/mol. The Balaban J connectivity index is 1.32. The van der Waals surface area contributed by atoms with E-state index in [9.17, 15) is 5.11 Å². The molecule has 3 rings (SSSR count). The Hall–Kier alpha value is -1.69. The minimum Gasteiger partial charge on any atom is -0.389 e. The maximum Gasteiger partial charge on any atom is 0.0900 e. The van der Waals surface area contributed by atoms with Crippen LogP contribution in [0.3, 0.4) is 0 Å². The van der Waals surface area contributed by atoms with E-state index in [1.165, 1.54) is 0 Å². The van der Waals surface area contributed by atoms with Crippen molar-refractivity contribution in [2.75, 3.05) is 26.2 Å². The molecule has 1 saturated heterocycles. The Morgan fingerprint density at radius 3 is 2.76 bits per heavy atom. The molecule has 0 bridgehead atoms. The minimum absolute atomic E-state index is 0.373. The van der Waals surface area contributed by atoms with E-state index in [-0.39, 0.29) is 0 Å². The van der Waals surface area contributed by atoms with Gasteiger partial charge >= 0.3 is 0 Å². The lowest BCUT2D eigenvalue weighted by Gasteiger charge is -2.40. The van der Waals surface area contributed by atoms with Gasteiger partial charge in [0.05, 0.1) is 25.4 Å². The average Bonchev–Trinajstić information content (AvgIpc) is 2.97. The molecular formula is C16H21N3O2. The van der Waals surface area contributed by atoms with E-state index in [2.05, 4.69) is 10.00 Å². The Morgan fingerprint density at radius 1 is 1.24 bits per heavy atom. The van der Waals surface area contributed by atoms with Crippen molar-refractivity contribution in [3.05, 3.63) is 54.4 Å². The van der Waals surface area contributed by atoms with Gasteiger partial charge in [-0.2, -0.15) is 5.10 Å². The van der Waals surface area contributed by atoms with Crippen LogP contribution >= 0.6 is 0 Å². The third-order valence-corrected chi connectivity index (χ3v) is 3.73. The molecule has 1 aliphatic heterocycles. The van der Waals surface area contributed by atoms with E-state index in [4.69, 9.17) is 4.74 Å². The number of hydrogen-bond donors (Lipinski definition) is 1. The number of aliphatic hydroxyl groups excluding tert-OH is 1. The van der Waals surface area contributed by atoms with Crippen LogP contribution in [-0.4, -0.2) is 52.1 Å². The number of hydrogen-bond acceptors (Lipinski definition) is 4. The zero-order valence-electron chi connectivity index (χ0n) is 12.0. The van der Waals surface area contributed by atoms with Gasteiger partial charge in [-0.25, -0.2) is 0 Å². The van der Waals surface area contributed by atoms with E-state index in [1.807, 2.05) is 47.3 Å². The van der Waals surface area contributed by atoms with Crippen LogP contribution in [0.4, 0.5) is 0 Å². The van der Waals surface area contributed by atoms with Crippen LogP contribution in [-0.2, 0) is 11.3 Å². The van der Waals surface area contributed by atoms with E-state index >= 15 is 0 Å². The van der Waals surface area contributed by atoms with E-state index in [0.29, 0.717) is 25.8 Å². The molecule has 1 N–H and O–H groups in total. The molecule has 0 unspecified atom stereocenters. The Morgan fingerprint density at radius 2 is 2.05 bits per heavy atom. The second-order valence-electron chi connectivity index (χ2n) is 5.51. The van der Waals surface area contributed by atoms with Gasteiger partial charge in [-0.15, -0.1) is 0 Å². The number of aliphatic hydroxyl groups is 1. The van der Waals surface area contributed by atoms with Crippen LogP contribution < -0.4 is 0 Å². The first-order valence-electron chi connectivity index (χ1n) is 7.32. The number of β-amino-alcohol motifs (C(OH)–C–C–N with tert-alkyl or cyclic N) is 1. The highest BCUT2D eigenvalue weighted by Crippen LogP contribution is 2.20. The summed E-state index contributed by atoms with van der Waals surface area (Å²) in [7, 11) is 0. The summed E-state index contributed by atoms with van der Waals surface area (Å²) in [4.78, 5) is 2.23. The molecule has 0 aliphatic carbocycles. The monoisotopic (exact) mass is 287 g/mol. The SMILES string of the molecule is O[C@H](COCc1ccccc1)CN1CC(n2cccn2)C1. The first-order chi connectivity index (χ1) is 10.3. The van der Waals surface area contributed by atoms with Crippen LogP contribution in [0.2, 0.25) is 0 Å². The summed E-state index contributed by atoms with van der Waals surface area (Å²) in [5.41, 5.74) is 1.13. The van der Waals surface area contributed by atoms with Gasteiger partial charge in [0.15, 0.2) is 0 Å². The standard InChI is InChI=1S/C16H21N3O2/c20-16(13-21-12-14-5-2-1-3-6-14)11-18-9-15(10-18)19-8-4-7-17-19/h1-8,15-16,20H,9-13H2/t16-/m0/s1. The molecule has 0 spiro atoms. The quantitative estimate of drug-likeness (QED) is 0.834. The number of aromatic nitrogens is 2. The molecule has 21 heavy (non-hydrogen) atoms. The van der Waals surface area contributed by atoms with Crippen molar-refractivity contribution in [2.45, 2.75) is 18.8 Å². The topological polar surface area (TPSA) is 50.5 Å². The summed E-state index contributed by atoms with van der Waals surface area (Å²) in [6.07, 6.45) is 3.35. The van der Waals surface area contributed by atoms with E-state index < -0.39 is 6.10 Å². The van der Waals surface area contributed by atoms with Gasteiger partial charge in [0.1, 0.15) is 0 Å². The van der Waals surface area contributed by atoms with E-state index in [0.717, 1.165) is 18.7 Å². The van der Waals surface area contributed by atoms with Gasteiger partial charge < -0.3 is 9.84 Å². The van der Waals surface area contributed by atoms with Crippen molar-refractivity contribution >= 4 is 0 Å². The largest absolute Gasteiger partial charge is 0.389 e. The van der Waals surface area contributed by atoms with Gasteiger partial charge in [-0.1, -0.05) is 30.3 Å². The molecule has 5 nitrogen and oxygen atoms in total. The maximum absolute atomic E-state index is 9.99. The van der Waals surface area contributed by atoms with Crippen molar-refractivity contribution in [3.8, 4) is 0 Å². The highest BCUT2D eigenvalue weighted by molar-refractivity contribution is 5.13. The summed E-state index contributed by atoms with van der Waals surface area (Å²) < 4.78 is 7.54. The fourth-order valence-electron chi connectivity index (χ4n) is 2.59. The molecule has 1 atom stereocenters. The number of likely N-dealkylation sites (tertiary alicyclic amines) is 1. The van der Waals surface area contributed by atoms with Crippen molar-refractivity contribution < 1.29 is 9.84 Å². The van der Waals surface area contributed by atoms with Gasteiger partial charge in [0.2, 0.25) is 0 Å². The van der Waals surface area contributed by atoms with Crippen LogP contribution in [0.15, 0.2) is 48.8 Å². The second kappa shape index (κ2) is 6.85. The summed E-state index contributed by atoms with van der Waals surface area (Å²) in [6.45, 7) is 3.47. The first kappa shape index (κ1) is 14.3. The van der Waals surface area contributed by atoms with Gasteiger partial charge in [-0.3, -0.25) is 9.58 Å². The average molecular weight is 287 g/mol. The Kier molecular flexibility index (Phi) is 4.65. The Bertz CT molecular complexity index is 524. The molecule has 5 heteroatoms. The van der Waals surface area contributed by atoms with Gasteiger partial charge in [0.25, 0.3) is 0 Å². The van der Waals surface area contributed by atoms with Crippen LogP contribution in [0.25, 0.3) is 0 Å². The van der Waals surface area contributed by atoms with Gasteiger partial charge in [-0.05, 0) is 11.6 Å². The maximum atomic E-state index is 9.99. The number of benzene rings is 1. The number of nitrogens with zero attached hydrogens (tertiary/aromatic N) is 3. The molecule has 1 aliphatic rings. The highest BCUT2D eigenvalue weighted by atomic mass is 16.5. The second-order valence-corrected chi connectivity index (χ2v) is 5.51. The first-order valence-corrected chi connectivity index (χ1v) is 7.32. The molecule has 0 amide bonds. The highest BCUT2D eigenvalue weighted by Gasteiger charge is 2.29. The molecule has 2 aromatic rings. The van der Waals surface area contributed by atoms with Crippen LogP contribution in [0.1, 0.15) is 11.6 Å². The summed E-state index contributed by atoms with van der Waals surface area (Å²) in [6, 6.07) is 12.4. The number of rotatable bonds is 7. The fourth-order valence-corrected chi connectivity index (χ4v) is 2.59. The minimum atomic E-state index is -0.438. The van der Waals surface area contributed by atoms with E-state index in [1.54, 1.807) is 6.20 Å². The lowest BCUT2D eigenvalue weighted by molar-refractivity contribution is -0.0134. The van der Waals surface area contributed by atoms with Crippen LogP contribution in [0.5, 0.6) is 0 Å². The normalized spacial score (nSPS) is 17.6. The molecule has 1 fully saturated rings.